The number of benzene rings is 2. The molecule has 0 spiro atoms. The van der Waals surface area contributed by atoms with Crippen LogP contribution < -0.4 is 10.1 Å². The molecule has 3 aromatic rings. The molecule has 1 saturated heterocycles. The monoisotopic (exact) mass is 435 g/mol. The van der Waals surface area contributed by atoms with E-state index in [2.05, 4.69) is 51.7 Å². The van der Waals surface area contributed by atoms with Crippen LogP contribution in [0.5, 0.6) is 5.75 Å². The molecule has 1 atom stereocenters. The summed E-state index contributed by atoms with van der Waals surface area (Å²) < 4.78 is 10.8. The molecule has 170 valence electrons. The first-order valence-corrected chi connectivity index (χ1v) is 11.5. The highest BCUT2D eigenvalue weighted by atomic mass is 16.5. The van der Waals surface area contributed by atoms with Gasteiger partial charge in [-0.25, -0.2) is 0 Å². The van der Waals surface area contributed by atoms with Gasteiger partial charge in [-0.15, -0.1) is 0 Å². The molecular formula is C26H33N3O3. The van der Waals surface area contributed by atoms with Crippen molar-refractivity contribution < 1.29 is 14.3 Å². The number of fused-ring (bicyclic) bond motifs is 1. The van der Waals surface area contributed by atoms with Crippen molar-refractivity contribution >= 4 is 16.8 Å². The summed E-state index contributed by atoms with van der Waals surface area (Å²) in [5, 5.41) is 4.26. The molecule has 32 heavy (non-hydrogen) atoms. The van der Waals surface area contributed by atoms with Gasteiger partial charge in [0.15, 0.2) is 0 Å². The second-order valence-electron chi connectivity index (χ2n) is 8.38. The molecule has 2 N–H and O–H groups in total. The number of hydrogen-bond acceptors (Lipinski definition) is 4. The van der Waals surface area contributed by atoms with Crippen LogP contribution in [0.25, 0.3) is 10.9 Å². The van der Waals surface area contributed by atoms with Gasteiger partial charge >= 0.3 is 0 Å². The zero-order chi connectivity index (χ0) is 22.2. The Bertz CT molecular complexity index is 996. The van der Waals surface area contributed by atoms with E-state index in [4.69, 9.17) is 9.47 Å². The quantitative estimate of drug-likeness (QED) is 0.509. The van der Waals surface area contributed by atoms with E-state index in [1.165, 1.54) is 11.1 Å². The Morgan fingerprint density at radius 3 is 2.78 bits per heavy atom. The molecular weight excluding hydrogens is 402 g/mol. The number of aryl methyl sites for hydroxylation is 1. The molecule has 6 nitrogen and oxygen atoms in total. The average molecular weight is 436 g/mol. The maximum absolute atomic E-state index is 12.9. The SMILES string of the molecule is COc1ccc2[nH]cc([C@@H](CCc3ccccc3)CC(=O)NCCN3CCOCC3)c2c1. The molecule has 2 heterocycles. The smallest absolute Gasteiger partial charge is 0.220 e. The molecule has 0 aliphatic carbocycles. The van der Waals surface area contributed by atoms with Crippen molar-refractivity contribution in [2.45, 2.75) is 25.2 Å². The molecule has 1 aliphatic rings. The molecule has 6 heteroatoms. The number of H-pyrrole nitrogens is 1. The van der Waals surface area contributed by atoms with E-state index in [1.54, 1.807) is 7.11 Å². The molecule has 0 saturated carbocycles. The first kappa shape index (κ1) is 22.4. The number of aromatic amines is 1. The summed E-state index contributed by atoms with van der Waals surface area (Å²) >= 11 is 0. The fourth-order valence-corrected chi connectivity index (χ4v) is 4.41. The number of ether oxygens (including phenoxy) is 2. The van der Waals surface area contributed by atoms with Crippen LogP contribution in [0.3, 0.4) is 0 Å². The van der Waals surface area contributed by atoms with E-state index >= 15 is 0 Å². The Morgan fingerprint density at radius 1 is 1.19 bits per heavy atom. The molecule has 0 radical (unpaired) electrons. The van der Waals surface area contributed by atoms with E-state index in [-0.39, 0.29) is 11.8 Å². The number of morpholine rings is 1. The molecule has 1 fully saturated rings. The summed E-state index contributed by atoms with van der Waals surface area (Å²) in [6, 6.07) is 16.5. The van der Waals surface area contributed by atoms with E-state index in [0.29, 0.717) is 13.0 Å². The Kier molecular flexibility index (Phi) is 7.80. The Balaban J connectivity index is 1.44. The van der Waals surface area contributed by atoms with Gasteiger partial charge in [0.05, 0.1) is 20.3 Å². The minimum Gasteiger partial charge on any atom is -0.497 e. The van der Waals surface area contributed by atoms with Crippen LogP contribution in [0.4, 0.5) is 0 Å². The van der Waals surface area contributed by atoms with Crippen LogP contribution in [-0.4, -0.2) is 62.3 Å². The highest BCUT2D eigenvalue weighted by molar-refractivity contribution is 5.86. The summed E-state index contributed by atoms with van der Waals surface area (Å²) in [5.74, 6) is 1.06. The van der Waals surface area contributed by atoms with Crippen molar-refractivity contribution in [2.75, 3.05) is 46.5 Å². The van der Waals surface area contributed by atoms with Crippen LogP contribution in [0.15, 0.2) is 54.7 Å². The first-order valence-electron chi connectivity index (χ1n) is 11.5. The van der Waals surface area contributed by atoms with Crippen molar-refractivity contribution in [3.63, 3.8) is 0 Å². The summed E-state index contributed by atoms with van der Waals surface area (Å²) in [6.07, 6.45) is 4.37. The number of amides is 1. The van der Waals surface area contributed by atoms with E-state index in [1.807, 2.05) is 18.2 Å². The minimum absolute atomic E-state index is 0.105. The lowest BCUT2D eigenvalue weighted by Gasteiger charge is -2.26. The zero-order valence-corrected chi connectivity index (χ0v) is 18.8. The van der Waals surface area contributed by atoms with Gasteiger partial charge in [-0.2, -0.15) is 0 Å². The lowest BCUT2D eigenvalue weighted by molar-refractivity contribution is -0.121. The predicted molar refractivity (Wildman–Crippen MR) is 127 cm³/mol. The second kappa shape index (κ2) is 11.2. The van der Waals surface area contributed by atoms with E-state index in [0.717, 1.165) is 62.3 Å². The second-order valence-corrected chi connectivity index (χ2v) is 8.38. The van der Waals surface area contributed by atoms with Crippen LogP contribution in [0.1, 0.15) is 29.9 Å². The van der Waals surface area contributed by atoms with E-state index < -0.39 is 0 Å². The van der Waals surface area contributed by atoms with Crippen molar-refractivity contribution in [3.8, 4) is 5.75 Å². The van der Waals surface area contributed by atoms with Gasteiger partial charge in [-0.3, -0.25) is 9.69 Å². The van der Waals surface area contributed by atoms with Gasteiger partial charge in [0, 0.05) is 49.7 Å². The van der Waals surface area contributed by atoms with Crippen molar-refractivity contribution in [1.29, 1.82) is 0 Å². The van der Waals surface area contributed by atoms with Gasteiger partial charge in [0.1, 0.15) is 5.75 Å². The Morgan fingerprint density at radius 2 is 2.00 bits per heavy atom. The van der Waals surface area contributed by atoms with Crippen molar-refractivity contribution in [1.82, 2.24) is 15.2 Å². The molecule has 1 amide bonds. The predicted octanol–water partition coefficient (Wildman–Crippen LogP) is 3.73. The van der Waals surface area contributed by atoms with Gasteiger partial charge in [0.2, 0.25) is 5.91 Å². The Hall–Kier alpha value is -2.83. The number of aromatic nitrogens is 1. The van der Waals surface area contributed by atoms with Crippen molar-refractivity contribution in [2.24, 2.45) is 0 Å². The highest BCUT2D eigenvalue weighted by Gasteiger charge is 2.20. The molecule has 1 aliphatic heterocycles. The summed E-state index contributed by atoms with van der Waals surface area (Å²) in [6.45, 7) is 4.97. The molecule has 4 rings (SSSR count). The molecule has 2 aromatic carbocycles. The average Bonchev–Trinajstić information content (AvgIpc) is 3.26. The maximum atomic E-state index is 12.9. The molecule has 0 unspecified atom stereocenters. The first-order chi connectivity index (χ1) is 15.7. The molecule has 0 bridgehead atoms. The fraction of sp³-hybridized carbons (Fsp3) is 0.423. The number of carbonyl (C=O) groups excluding carboxylic acids is 1. The maximum Gasteiger partial charge on any atom is 0.220 e. The van der Waals surface area contributed by atoms with Crippen LogP contribution in [-0.2, 0) is 16.0 Å². The topological polar surface area (TPSA) is 66.6 Å². The zero-order valence-electron chi connectivity index (χ0n) is 18.8. The van der Waals surface area contributed by atoms with Gasteiger partial charge in [-0.1, -0.05) is 30.3 Å². The van der Waals surface area contributed by atoms with Gasteiger partial charge < -0.3 is 19.8 Å². The Labute approximate surface area is 189 Å². The van der Waals surface area contributed by atoms with Gasteiger partial charge in [-0.05, 0) is 48.1 Å². The van der Waals surface area contributed by atoms with E-state index in [9.17, 15) is 4.79 Å². The fourth-order valence-electron chi connectivity index (χ4n) is 4.41. The third-order valence-electron chi connectivity index (χ3n) is 6.27. The normalized spacial score (nSPS) is 15.5. The highest BCUT2D eigenvalue weighted by Crippen LogP contribution is 2.33. The summed E-state index contributed by atoms with van der Waals surface area (Å²) in [4.78, 5) is 18.6. The largest absolute Gasteiger partial charge is 0.497 e. The van der Waals surface area contributed by atoms with Crippen LogP contribution >= 0.6 is 0 Å². The third-order valence-corrected chi connectivity index (χ3v) is 6.27. The third kappa shape index (κ3) is 5.90. The number of methoxy groups -OCH3 is 1. The number of nitrogens with one attached hydrogen (secondary N) is 2. The van der Waals surface area contributed by atoms with Crippen LogP contribution in [0, 0.1) is 0 Å². The molecule has 1 aromatic heterocycles. The minimum atomic E-state index is 0.105. The lowest BCUT2D eigenvalue weighted by Crippen LogP contribution is -2.41. The lowest BCUT2D eigenvalue weighted by atomic mass is 9.89. The summed E-state index contributed by atoms with van der Waals surface area (Å²) in [5.41, 5.74) is 3.54. The number of rotatable bonds is 10. The standard InChI is InChI=1S/C26H33N3O3/c1-31-22-9-10-25-23(18-22)24(19-28-25)21(8-7-20-5-3-2-4-6-20)17-26(30)27-11-12-29-13-15-32-16-14-29/h2-6,9-10,18-19,21,28H,7-8,11-17H2,1H3,(H,27,30)/t21-/m0/s1. The van der Waals surface area contributed by atoms with Crippen LogP contribution in [0.2, 0.25) is 0 Å². The number of nitrogens with zero attached hydrogens (tertiary/aromatic N) is 1. The van der Waals surface area contributed by atoms with Crippen molar-refractivity contribution in [3.05, 3.63) is 65.9 Å². The summed E-state index contributed by atoms with van der Waals surface area (Å²) in [7, 11) is 1.68. The number of carbonyl (C=O) groups is 1. The number of hydrogen-bond donors (Lipinski definition) is 2. The van der Waals surface area contributed by atoms with Gasteiger partial charge in [0.25, 0.3) is 0 Å².